The lowest BCUT2D eigenvalue weighted by atomic mass is 9.92. The van der Waals surface area contributed by atoms with Crippen molar-refractivity contribution >= 4 is 17.6 Å². The molecule has 0 aliphatic carbocycles. The highest BCUT2D eigenvalue weighted by atomic mass is 16.5. The van der Waals surface area contributed by atoms with Crippen LogP contribution >= 0.6 is 0 Å². The number of anilines is 1. The molecular weight excluding hydrogens is 272 g/mol. The summed E-state index contributed by atoms with van der Waals surface area (Å²) in [7, 11) is 0. The summed E-state index contributed by atoms with van der Waals surface area (Å²) in [5.41, 5.74) is 2.18. The Hall–Kier alpha value is -2.08. The number of aliphatic carboxylic acids is 1. The topological polar surface area (TPSA) is 87.7 Å². The second-order valence-corrected chi connectivity index (χ2v) is 5.54. The lowest BCUT2D eigenvalue weighted by Gasteiger charge is -2.27. The molecule has 0 aromatic heterocycles. The van der Waals surface area contributed by atoms with Crippen molar-refractivity contribution in [2.75, 3.05) is 25.1 Å². The van der Waals surface area contributed by atoms with Gasteiger partial charge in [0.2, 0.25) is 5.91 Å². The third-order valence-electron chi connectivity index (χ3n) is 4.12. The molecule has 21 heavy (non-hydrogen) atoms. The van der Waals surface area contributed by atoms with Crippen LogP contribution in [0.1, 0.15) is 5.56 Å². The van der Waals surface area contributed by atoms with Crippen molar-refractivity contribution in [3.63, 3.8) is 0 Å². The zero-order chi connectivity index (χ0) is 14.8. The Morgan fingerprint density at radius 1 is 1.29 bits per heavy atom. The van der Waals surface area contributed by atoms with E-state index in [2.05, 4.69) is 10.6 Å². The molecule has 0 radical (unpaired) electrons. The molecule has 0 bridgehead atoms. The molecule has 2 heterocycles. The van der Waals surface area contributed by atoms with Gasteiger partial charge in [-0.2, -0.15) is 0 Å². The summed E-state index contributed by atoms with van der Waals surface area (Å²) < 4.78 is 5.16. The van der Waals surface area contributed by atoms with Crippen molar-refractivity contribution in [1.29, 1.82) is 0 Å². The van der Waals surface area contributed by atoms with E-state index in [-0.39, 0.29) is 25.0 Å². The fourth-order valence-corrected chi connectivity index (χ4v) is 2.87. The van der Waals surface area contributed by atoms with E-state index in [4.69, 9.17) is 9.84 Å². The fourth-order valence-electron chi connectivity index (χ4n) is 2.87. The van der Waals surface area contributed by atoms with Gasteiger partial charge in [-0.05, 0) is 18.1 Å². The highest BCUT2D eigenvalue weighted by Gasteiger charge is 2.36. The van der Waals surface area contributed by atoms with Crippen molar-refractivity contribution in [2.45, 2.75) is 12.5 Å². The summed E-state index contributed by atoms with van der Waals surface area (Å²) >= 11 is 0. The molecule has 3 N–H and O–H groups in total. The van der Waals surface area contributed by atoms with Crippen molar-refractivity contribution in [3.8, 4) is 0 Å². The van der Waals surface area contributed by atoms with Crippen LogP contribution in [-0.2, 0) is 20.7 Å². The smallest absolute Gasteiger partial charge is 0.311 e. The third-order valence-corrected chi connectivity index (χ3v) is 4.12. The van der Waals surface area contributed by atoms with Gasteiger partial charge in [-0.15, -0.1) is 0 Å². The summed E-state index contributed by atoms with van der Waals surface area (Å²) in [5, 5.41) is 15.2. The highest BCUT2D eigenvalue weighted by Crippen LogP contribution is 2.25. The van der Waals surface area contributed by atoms with Gasteiger partial charge in [-0.25, -0.2) is 0 Å². The summed E-state index contributed by atoms with van der Waals surface area (Å²) in [5.74, 6) is -1.88. The van der Waals surface area contributed by atoms with E-state index in [9.17, 15) is 9.59 Å². The Balaban J connectivity index is 1.63. The lowest BCUT2D eigenvalue weighted by molar-refractivity contribution is -0.142. The summed E-state index contributed by atoms with van der Waals surface area (Å²) in [6.45, 7) is 0.986. The second-order valence-electron chi connectivity index (χ2n) is 5.54. The van der Waals surface area contributed by atoms with Crippen LogP contribution in [0.3, 0.4) is 0 Å². The van der Waals surface area contributed by atoms with Gasteiger partial charge in [-0.3, -0.25) is 9.59 Å². The Labute approximate surface area is 122 Å². The quantitative estimate of drug-likeness (QED) is 0.754. The van der Waals surface area contributed by atoms with Gasteiger partial charge in [-0.1, -0.05) is 18.2 Å². The largest absolute Gasteiger partial charge is 0.481 e. The fraction of sp³-hybridized carbons (Fsp3) is 0.467. The van der Waals surface area contributed by atoms with Crippen LogP contribution in [0.4, 0.5) is 5.69 Å². The van der Waals surface area contributed by atoms with Crippen molar-refractivity contribution in [3.05, 3.63) is 29.8 Å². The molecule has 112 valence electrons. The average molecular weight is 290 g/mol. The van der Waals surface area contributed by atoms with E-state index in [1.807, 2.05) is 24.3 Å². The van der Waals surface area contributed by atoms with Gasteiger partial charge in [0.1, 0.15) is 5.92 Å². The zero-order valence-electron chi connectivity index (χ0n) is 11.5. The molecule has 0 spiro atoms. The number of ether oxygens (including phenoxy) is 1. The second kappa shape index (κ2) is 5.73. The summed E-state index contributed by atoms with van der Waals surface area (Å²) in [6, 6.07) is 7.47. The van der Waals surface area contributed by atoms with Gasteiger partial charge in [0.15, 0.2) is 0 Å². The van der Waals surface area contributed by atoms with E-state index in [1.54, 1.807) is 0 Å². The Morgan fingerprint density at radius 2 is 2.10 bits per heavy atom. The van der Waals surface area contributed by atoms with Crippen LogP contribution in [0.15, 0.2) is 24.3 Å². The number of benzene rings is 1. The number of rotatable bonds is 3. The average Bonchev–Trinajstić information content (AvgIpc) is 2.95. The molecule has 1 fully saturated rings. The first kappa shape index (κ1) is 13.9. The van der Waals surface area contributed by atoms with E-state index >= 15 is 0 Å². The number of fused-ring (bicyclic) bond motifs is 1. The van der Waals surface area contributed by atoms with Gasteiger partial charge >= 0.3 is 5.97 Å². The maximum atomic E-state index is 12.3. The molecule has 6 nitrogen and oxygen atoms in total. The van der Waals surface area contributed by atoms with E-state index < -0.39 is 17.9 Å². The molecule has 1 aromatic carbocycles. The maximum Gasteiger partial charge on any atom is 0.311 e. The molecule has 6 heteroatoms. The number of carbonyl (C=O) groups excluding carboxylic acids is 1. The number of carboxylic acids is 1. The number of carboxylic acid groups (broad SMARTS) is 1. The Morgan fingerprint density at radius 3 is 2.90 bits per heavy atom. The summed E-state index contributed by atoms with van der Waals surface area (Å²) in [6.07, 6.45) is 0.667. The van der Waals surface area contributed by atoms with Crippen molar-refractivity contribution in [2.24, 2.45) is 11.8 Å². The van der Waals surface area contributed by atoms with E-state index in [0.29, 0.717) is 13.0 Å². The number of carbonyl (C=O) groups is 2. The number of nitrogens with one attached hydrogen (secondary N) is 2. The molecule has 2 aliphatic heterocycles. The number of hydrogen-bond donors (Lipinski definition) is 3. The minimum absolute atomic E-state index is 0.112. The number of para-hydroxylation sites is 1. The van der Waals surface area contributed by atoms with Crippen LogP contribution in [0.25, 0.3) is 0 Å². The number of amides is 1. The normalized spacial score (nSPS) is 27.5. The monoisotopic (exact) mass is 290 g/mol. The lowest BCUT2D eigenvalue weighted by Crippen LogP contribution is -2.47. The molecule has 3 rings (SSSR count). The van der Waals surface area contributed by atoms with Gasteiger partial charge < -0.3 is 20.5 Å². The molecule has 1 aromatic rings. The van der Waals surface area contributed by atoms with Gasteiger partial charge in [0.25, 0.3) is 0 Å². The van der Waals surface area contributed by atoms with E-state index in [1.165, 1.54) is 0 Å². The minimum atomic E-state index is -0.926. The maximum absolute atomic E-state index is 12.3. The minimum Gasteiger partial charge on any atom is -0.481 e. The van der Waals surface area contributed by atoms with Crippen molar-refractivity contribution < 1.29 is 19.4 Å². The molecule has 3 unspecified atom stereocenters. The van der Waals surface area contributed by atoms with Crippen LogP contribution < -0.4 is 10.6 Å². The molecular formula is C15H18N2O4. The van der Waals surface area contributed by atoms with Crippen molar-refractivity contribution in [1.82, 2.24) is 5.32 Å². The Kier molecular flexibility index (Phi) is 3.79. The zero-order valence-corrected chi connectivity index (χ0v) is 11.5. The molecule has 1 amide bonds. The standard InChI is InChI=1S/C15H18N2O4/c18-14(17-13-8-21-7-11(13)15(19)20)10-5-9-3-1-2-4-12(9)16-6-10/h1-4,10-11,13,16H,5-8H2,(H,17,18)(H,19,20). The van der Waals surface area contributed by atoms with Crippen LogP contribution in [-0.4, -0.2) is 42.8 Å². The Bertz CT molecular complexity index is 560. The SMILES string of the molecule is O=C(NC1COCC1C(=O)O)C1CNc2ccccc2C1. The summed E-state index contributed by atoms with van der Waals surface area (Å²) in [4.78, 5) is 23.4. The first-order valence-corrected chi connectivity index (χ1v) is 7.08. The third kappa shape index (κ3) is 2.85. The molecule has 0 saturated carbocycles. The van der Waals surface area contributed by atoms with Crippen LogP contribution in [0.2, 0.25) is 0 Å². The van der Waals surface area contributed by atoms with E-state index in [0.717, 1.165) is 11.3 Å². The number of hydrogen-bond acceptors (Lipinski definition) is 4. The van der Waals surface area contributed by atoms with Gasteiger partial charge in [0, 0.05) is 12.2 Å². The predicted octanol–water partition coefficient (Wildman–Crippen LogP) is 0.487. The van der Waals surface area contributed by atoms with Gasteiger partial charge in [0.05, 0.1) is 25.2 Å². The first-order chi connectivity index (χ1) is 10.1. The molecule has 1 saturated heterocycles. The highest BCUT2D eigenvalue weighted by molar-refractivity contribution is 5.82. The predicted molar refractivity (Wildman–Crippen MR) is 76.0 cm³/mol. The molecule has 3 atom stereocenters. The van der Waals surface area contributed by atoms with Crippen LogP contribution in [0.5, 0.6) is 0 Å². The molecule has 2 aliphatic rings. The first-order valence-electron chi connectivity index (χ1n) is 7.08. The van der Waals surface area contributed by atoms with Crippen LogP contribution in [0, 0.1) is 11.8 Å².